The van der Waals surface area contributed by atoms with Crippen LogP contribution in [-0.2, 0) is 16.6 Å². The molecule has 1 aromatic heterocycles. The van der Waals surface area contributed by atoms with Crippen LogP contribution in [0.15, 0.2) is 45.1 Å². The van der Waals surface area contributed by atoms with E-state index in [1.165, 1.54) is 23.1 Å². The van der Waals surface area contributed by atoms with Gasteiger partial charge in [-0.25, -0.2) is 13.1 Å². The van der Waals surface area contributed by atoms with Gasteiger partial charge in [0.05, 0.1) is 9.54 Å². The first-order valence-electron chi connectivity index (χ1n) is 6.14. The summed E-state index contributed by atoms with van der Waals surface area (Å²) in [5, 5.41) is 0. The molecule has 2 rings (SSSR count). The second-order valence-corrected chi connectivity index (χ2v) is 9.91. The molecular weight excluding hydrogens is 392 g/mol. The van der Waals surface area contributed by atoms with Crippen molar-refractivity contribution in [3.8, 4) is 0 Å². The maximum Gasteiger partial charge on any atom is 0.212 e. The quantitative estimate of drug-likeness (QED) is 0.546. The van der Waals surface area contributed by atoms with Gasteiger partial charge in [-0.15, -0.1) is 23.1 Å². The average Bonchev–Trinajstić information content (AvgIpc) is 2.82. The Hall–Kier alpha value is -0.540. The van der Waals surface area contributed by atoms with Crippen LogP contribution in [0.3, 0.4) is 0 Å². The van der Waals surface area contributed by atoms with E-state index in [2.05, 4.69) is 20.7 Å². The van der Waals surface area contributed by atoms with Gasteiger partial charge in [0.1, 0.15) is 0 Å². The Bertz CT molecular complexity index is 701. The van der Waals surface area contributed by atoms with Gasteiger partial charge < -0.3 is 5.73 Å². The third-order valence-electron chi connectivity index (χ3n) is 2.57. The number of nitrogens with one attached hydrogen (secondary N) is 1. The van der Waals surface area contributed by atoms with Gasteiger partial charge in [0.25, 0.3) is 0 Å². The molecule has 2 aromatic rings. The highest BCUT2D eigenvalue weighted by atomic mass is 79.9. The van der Waals surface area contributed by atoms with Crippen molar-refractivity contribution >= 4 is 54.7 Å². The number of benzene rings is 1. The van der Waals surface area contributed by atoms with E-state index in [1.54, 1.807) is 0 Å². The van der Waals surface area contributed by atoms with Crippen LogP contribution in [0.25, 0.3) is 0 Å². The molecule has 8 heteroatoms. The first-order chi connectivity index (χ1) is 9.94. The summed E-state index contributed by atoms with van der Waals surface area (Å²) in [6, 6.07) is 11.2. The van der Waals surface area contributed by atoms with Crippen LogP contribution in [0.1, 0.15) is 4.88 Å². The lowest BCUT2D eigenvalue weighted by Gasteiger charge is -2.06. The predicted octanol–water partition coefficient (Wildman–Crippen LogP) is 3.30. The number of rotatable bonds is 7. The fourth-order valence-corrected chi connectivity index (χ4v) is 5.45. The van der Waals surface area contributed by atoms with Crippen molar-refractivity contribution in [1.29, 1.82) is 0 Å². The Morgan fingerprint density at radius 3 is 2.76 bits per heavy atom. The van der Waals surface area contributed by atoms with Crippen LogP contribution >= 0.6 is 39.0 Å². The van der Waals surface area contributed by atoms with Gasteiger partial charge in [0.15, 0.2) is 0 Å². The fraction of sp³-hybridized carbons (Fsp3) is 0.231. The molecule has 1 heterocycles. The zero-order chi connectivity index (χ0) is 15.3. The van der Waals surface area contributed by atoms with Crippen LogP contribution in [0, 0.1) is 0 Å². The molecule has 1 aromatic carbocycles. The Labute approximate surface area is 141 Å². The van der Waals surface area contributed by atoms with E-state index in [0.717, 1.165) is 13.6 Å². The minimum absolute atomic E-state index is 0.0824. The summed E-state index contributed by atoms with van der Waals surface area (Å²) in [6.45, 7) is 0.335. The van der Waals surface area contributed by atoms with Crippen molar-refractivity contribution in [3.63, 3.8) is 0 Å². The lowest BCUT2D eigenvalue weighted by molar-refractivity contribution is 0.583. The molecule has 0 fully saturated rings. The Balaban J connectivity index is 1.78. The van der Waals surface area contributed by atoms with Gasteiger partial charge in [0.2, 0.25) is 10.0 Å². The molecule has 0 saturated heterocycles. The van der Waals surface area contributed by atoms with Crippen molar-refractivity contribution in [1.82, 2.24) is 4.72 Å². The molecule has 0 radical (unpaired) electrons. The lowest BCUT2D eigenvalue weighted by atomic mass is 10.3. The molecule has 0 saturated carbocycles. The number of sulfonamides is 1. The largest absolute Gasteiger partial charge is 0.399 e. The minimum atomic E-state index is -3.26. The maximum atomic E-state index is 11.9. The predicted molar refractivity (Wildman–Crippen MR) is 94.2 cm³/mol. The van der Waals surface area contributed by atoms with Crippen LogP contribution in [0.2, 0.25) is 0 Å². The SMILES string of the molecule is Nc1cccc(SCCS(=O)(=O)NCc2ccc(Br)s2)c1. The number of anilines is 1. The summed E-state index contributed by atoms with van der Waals surface area (Å²) in [5.41, 5.74) is 6.37. The summed E-state index contributed by atoms with van der Waals surface area (Å²) < 4.78 is 27.4. The summed E-state index contributed by atoms with van der Waals surface area (Å²) in [5.74, 6) is 0.575. The topological polar surface area (TPSA) is 72.2 Å². The van der Waals surface area contributed by atoms with E-state index in [0.29, 0.717) is 18.0 Å². The maximum absolute atomic E-state index is 11.9. The normalized spacial score (nSPS) is 11.7. The van der Waals surface area contributed by atoms with Crippen LogP contribution < -0.4 is 10.5 Å². The fourth-order valence-electron chi connectivity index (χ4n) is 1.57. The van der Waals surface area contributed by atoms with Crippen molar-refractivity contribution < 1.29 is 8.42 Å². The van der Waals surface area contributed by atoms with Gasteiger partial charge in [0, 0.05) is 27.8 Å². The van der Waals surface area contributed by atoms with Crippen molar-refractivity contribution in [3.05, 3.63) is 45.1 Å². The summed E-state index contributed by atoms with van der Waals surface area (Å²) in [4.78, 5) is 1.96. The molecule has 3 N–H and O–H groups in total. The monoisotopic (exact) mass is 406 g/mol. The number of thioether (sulfide) groups is 1. The molecule has 0 amide bonds. The zero-order valence-corrected chi connectivity index (χ0v) is 15.1. The number of hydrogen-bond donors (Lipinski definition) is 2. The van der Waals surface area contributed by atoms with Gasteiger partial charge in [-0.3, -0.25) is 0 Å². The molecule has 0 aliphatic rings. The Morgan fingerprint density at radius 1 is 1.29 bits per heavy atom. The third-order valence-corrected chi connectivity index (χ3v) is 6.78. The second kappa shape index (κ2) is 7.64. The summed E-state index contributed by atoms with van der Waals surface area (Å²) in [6.07, 6.45) is 0. The van der Waals surface area contributed by atoms with E-state index in [9.17, 15) is 8.42 Å². The Morgan fingerprint density at radius 2 is 2.10 bits per heavy atom. The lowest BCUT2D eigenvalue weighted by Crippen LogP contribution is -2.26. The van der Waals surface area contributed by atoms with Gasteiger partial charge in [-0.1, -0.05) is 6.07 Å². The molecule has 0 atom stereocenters. The zero-order valence-electron chi connectivity index (χ0n) is 11.1. The van der Waals surface area contributed by atoms with Crippen LogP contribution in [0.5, 0.6) is 0 Å². The van der Waals surface area contributed by atoms with E-state index in [-0.39, 0.29) is 5.75 Å². The highest BCUT2D eigenvalue weighted by Gasteiger charge is 2.11. The molecule has 0 unspecified atom stereocenters. The highest BCUT2D eigenvalue weighted by Crippen LogP contribution is 2.22. The third kappa shape index (κ3) is 5.99. The number of nitrogen functional groups attached to an aromatic ring is 1. The smallest absolute Gasteiger partial charge is 0.212 e. The molecule has 0 bridgehead atoms. The molecule has 4 nitrogen and oxygen atoms in total. The van der Waals surface area contributed by atoms with Crippen LogP contribution in [0.4, 0.5) is 5.69 Å². The molecular formula is C13H15BrN2O2S3. The van der Waals surface area contributed by atoms with Crippen molar-refractivity contribution in [2.45, 2.75) is 11.4 Å². The molecule has 0 aliphatic carbocycles. The second-order valence-electron chi connectivity index (χ2n) is 4.27. The van der Waals surface area contributed by atoms with Gasteiger partial charge in [-0.2, -0.15) is 0 Å². The van der Waals surface area contributed by atoms with Crippen LogP contribution in [-0.4, -0.2) is 19.9 Å². The molecule has 0 spiro atoms. The number of halogens is 1. The highest BCUT2D eigenvalue weighted by molar-refractivity contribution is 9.11. The number of thiophene rings is 1. The van der Waals surface area contributed by atoms with E-state index in [1.807, 2.05) is 36.4 Å². The van der Waals surface area contributed by atoms with E-state index < -0.39 is 10.0 Å². The first kappa shape index (κ1) is 16.8. The van der Waals surface area contributed by atoms with Gasteiger partial charge >= 0.3 is 0 Å². The average molecular weight is 407 g/mol. The van der Waals surface area contributed by atoms with Crippen molar-refractivity contribution in [2.75, 3.05) is 17.2 Å². The minimum Gasteiger partial charge on any atom is -0.399 e. The standard InChI is InChI=1S/C13H15BrN2O2S3/c14-13-5-4-12(20-13)9-16-21(17,18)7-6-19-11-3-1-2-10(15)8-11/h1-5,8,16H,6-7,9,15H2. The Kier molecular flexibility index (Phi) is 6.12. The number of nitrogens with two attached hydrogens (primary N) is 1. The molecule has 114 valence electrons. The first-order valence-corrected chi connectivity index (χ1v) is 10.4. The summed E-state index contributed by atoms with van der Waals surface area (Å²) in [7, 11) is -3.26. The number of hydrogen-bond acceptors (Lipinski definition) is 5. The van der Waals surface area contributed by atoms with E-state index >= 15 is 0 Å². The molecule has 0 aliphatic heterocycles. The summed E-state index contributed by atoms with van der Waals surface area (Å²) >= 11 is 6.36. The van der Waals surface area contributed by atoms with E-state index in [4.69, 9.17) is 5.73 Å². The van der Waals surface area contributed by atoms with Crippen molar-refractivity contribution in [2.24, 2.45) is 0 Å². The molecule has 21 heavy (non-hydrogen) atoms. The van der Waals surface area contributed by atoms with Gasteiger partial charge in [-0.05, 0) is 46.3 Å².